The van der Waals surface area contributed by atoms with Crippen LogP contribution in [0.15, 0.2) is 36.1 Å². The van der Waals surface area contributed by atoms with Crippen LogP contribution in [0.2, 0.25) is 0 Å². The smallest absolute Gasteiger partial charge is 0.407 e. The van der Waals surface area contributed by atoms with Gasteiger partial charge in [-0.15, -0.1) is 0 Å². The van der Waals surface area contributed by atoms with Crippen molar-refractivity contribution in [2.45, 2.75) is 46.3 Å². The molecule has 0 saturated carbocycles. The normalized spacial score (nSPS) is 16.2. The van der Waals surface area contributed by atoms with Gasteiger partial charge in [-0.2, -0.15) is 0 Å². The van der Waals surface area contributed by atoms with E-state index in [1.165, 1.54) is 5.57 Å². The quantitative estimate of drug-likeness (QED) is 0.803. The highest BCUT2D eigenvalue weighted by Gasteiger charge is 2.30. The molecule has 1 fully saturated rings. The fourth-order valence-electron chi connectivity index (χ4n) is 1.92. The largest absolute Gasteiger partial charge is 0.444 e. The van der Waals surface area contributed by atoms with E-state index in [4.69, 9.17) is 4.74 Å². The molecule has 112 valence electrons. The average molecular weight is 278 g/mol. The Bertz CT molecular complexity index is 420. The molecule has 4 nitrogen and oxygen atoms in total. The minimum atomic E-state index is -0.455. The van der Waals surface area contributed by atoms with E-state index in [1.54, 1.807) is 6.08 Å². The fourth-order valence-corrected chi connectivity index (χ4v) is 1.92. The Morgan fingerprint density at radius 1 is 1.35 bits per heavy atom. The number of nitrogens with one attached hydrogen (secondary N) is 1. The molecule has 0 aromatic carbocycles. The summed E-state index contributed by atoms with van der Waals surface area (Å²) in [6.07, 6.45) is 5.53. The van der Waals surface area contributed by atoms with E-state index in [9.17, 15) is 4.79 Å². The van der Waals surface area contributed by atoms with E-state index in [1.807, 2.05) is 26.8 Å². The van der Waals surface area contributed by atoms with Crippen LogP contribution in [0.5, 0.6) is 0 Å². The first-order valence-electron chi connectivity index (χ1n) is 6.93. The number of likely N-dealkylation sites (tertiary alicyclic amines) is 1. The van der Waals surface area contributed by atoms with Crippen molar-refractivity contribution in [2.75, 3.05) is 13.1 Å². The van der Waals surface area contributed by atoms with E-state index < -0.39 is 5.60 Å². The first-order chi connectivity index (χ1) is 9.21. The second kappa shape index (κ2) is 6.64. The molecular formula is C16H26N2O2. The topological polar surface area (TPSA) is 41.6 Å². The van der Waals surface area contributed by atoms with Crippen LogP contribution < -0.4 is 5.32 Å². The molecule has 0 aliphatic carbocycles. The van der Waals surface area contributed by atoms with Crippen LogP contribution in [0.1, 0.15) is 34.6 Å². The zero-order valence-corrected chi connectivity index (χ0v) is 13.2. The summed E-state index contributed by atoms with van der Waals surface area (Å²) >= 11 is 0. The molecule has 1 N–H and O–H groups in total. The van der Waals surface area contributed by atoms with Crippen molar-refractivity contribution >= 4 is 6.09 Å². The van der Waals surface area contributed by atoms with Gasteiger partial charge >= 0.3 is 6.09 Å². The minimum Gasteiger partial charge on any atom is -0.444 e. The van der Waals surface area contributed by atoms with Crippen molar-refractivity contribution in [3.63, 3.8) is 0 Å². The number of carbonyl (C=O) groups excluding carboxylic acids is 1. The van der Waals surface area contributed by atoms with Gasteiger partial charge in [0.05, 0.1) is 6.04 Å². The summed E-state index contributed by atoms with van der Waals surface area (Å²) < 4.78 is 5.24. The van der Waals surface area contributed by atoms with Crippen LogP contribution in [0.4, 0.5) is 4.79 Å². The fraction of sp³-hybridized carbons (Fsp3) is 0.562. The highest BCUT2D eigenvalue weighted by molar-refractivity contribution is 5.68. The maximum absolute atomic E-state index is 11.6. The molecule has 20 heavy (non-hydrogen) atoms. The first kappa shape index (κ1) is 16.3. The van der Waals surface area contributed by atoms with Gasteiger partial charge in [0.15, 0.2) is 0 Å². The molecular weight excluding hydrogens is 252 g/mol. The van der Waals surface area contributed by atoms with Crippen molar-refractivity contribution in [2.24, 2.45) is 0 Å². The number of ether oxygens (including phenoxy) is 1. The Kier molecular flexibility index (Phi) is 5.43. The Balaban J connectivity index is 2.46. The molecule has 1 aliphatic rings. The molecule has 1 aliphatic heterocycles. The van der Waals surface area contributed by atoms with Gasteiger partial charge < -0.3 is 15.0 Å². The van der Waals surface area contributed by atoms with Gasteiger partial charge in [-0.1, -0.05) is 18.2 Å². The number of rotatable bonds is 4. The number of alkyl carbamates (subject to hydrolysis) is 1. The Labute approximate surface area is 122 Å². The number of hydrogen-bond acceptors (Lipinski definition) is 3. The van der Waals surface area contributed by atoms with Crippen molar-refractivity contribution in [3.8, 4) is 0 Å². The third-order valence-electron chi connectivity index (χ3n) is 2.69. The van der Waals surface area contributed by atoms with Gasteiger partial charge in [0.25, 0.3) is 0 Å². The minimum absolute atomic E-state index is 0.142. The van der Waals surface area contributed by atoms with E-state index in [0.29, 0.717) is 0 Å². The number of hydrogen-bond donors (Lipinski definition) is 1. The van der Waals surface area contributed by atoms with E-state index in [2.05, 4.69) is 36.7 Å². The summed E-state index contributed by atoms with van der Waals surface area (Å²) in [6.45, 7) is 15.0. The standard InChI is InChI=1S/C16H26N2O2/c1-7-8-14(9-12(2)3)18-10-13(11-18)17-15(19)20-16(4,5)6/h7-9,13H,1,10-11H2,2-6H3,(H,17,19)/b14-8+. The van der Waals surface area contributed by atoms with Crippen molar-refractivity contribution in [1.82, 2.24) is 10.2 Å². The van der Waals surface area contributed by atoms with E-state index in [0.717, 1.165) is 18.8 Å². The summed E-state index contributed by atoms with van der Waals surface area (Å²) in [5.41, 5.74) is 1.91. The van der Waals surface area contributed by atoms with Gasteiger partial charge in [0.2, 0.25) is 0 Å². The average Bonchev–Trinajstić information content (AvgIpc) is 2.19. The maximum atomic E-state index is 11.6. The van der Waals surface area contributed by atoms with Gasteiger partial charge in [0.1, 0.15) is 5.60 Å². The third kappa shape index (κ3) is 5.51. The van der Waals surface area contributed by atoms with Gasteiger partial charge in [-0.25, -0.2) is 4.79 Å². The third-order valence-corrected chi connectivity index (χ3v) is 2.69. The molecule has 4 heteroatoms. The second-order valence-electron chi connectivity index (χ2n) is 6.30. The molecule has 1 heterocycles. The molecule has 0 atom stereocenters. The van der Waals surface area contributed by atoms with Gasteiger partial charge in [0, 0.05) is 18.8 Å². The SMILES string of the molecule is C=C/C=C(\C=C(C)C)N1CC(NC(=O)OC(C)(C)C)C1. The summed E-state index contributed by atoms with van der Waals surface area (Å²) in [5, 5.41) is 2.88. The van der Waals surface area contributed by atoms with Crippen molar-refractivity contribution in [3.05, 3.63) is 36.1 Å². The summed E-state index contributed by atoms with van der Waals surface area (Å²) in [5.74, 6) is 0. The summed E-state index contributed by atoms with van der Waals surface area (Å²) in [7, 11) is 0. The van der Waals surface area contributed by atoms with E-state index >= 15 is 0 Å². The van der Waals surface area contributed by atoms with Crippen molar-refractivity contribution < 1.29 is 9.53 Å². The van der Waals surface area contributed by atoms with Crippen LogP contribution in [-0.4, -0.2) is 35.7 Å². The number of amides is 1. The van der Waals surface area contributed by atoms with Crippen LogP contribution in [0.25, 0.3) is 0 Å². The highest BCUT2D eigenvalue weighted by Crippen LogP contribution is 2.18. The molecule has 0 aromatic rings. The maximum Gasteiger partial charge on any atom is 0.407 e. The van der Waals surface area contributed by atoms with E-state index in [-0.39, 0.29) is 12.1 Å². The molecule has 0 unspecified atom stereocenters. The predicted molar refractivity (Wildman–Crippen MR) is 82.4 cm³/mol. The molecule has 0 spiro atoms. The van der Waals surface area contributed by atoms with Crippen LogP contribution >= 0.6 is 0 Å². The highest BCUT2D eigenvalue weighted by atomic mass is 16.6. The second-order valence-corrected chi connectivity index (χ2v) is 6.30. The van der Waals surface area contributed by atoms with Crippen LogP contribution in [0.3, 0.4) is 0 Å². The molecule has 1 rings (SSSR count). The molecule has 0 aromatic heterocycles. The Hall–Kier alpha value is -1.71. The van der Waals surface area contributed by atoms with Crippen LogP contribution in [-0.2, 0) is 4.74 Å². The van der Waals surface area contributed by atoms with Crippen molar-refractivity contribution in [1.29, 1.82) is 0 Å². The number of carbonyl (C=O) groups is 1. The summed E-state index contributed by atoms with van der Waals surface area (Å²) in [4.78, 5) is 13.9. The number of allylic oxidation sites excluding steroid dienone is 4. The zero-order chi connectivity index (χ0) is 15.3. The molecule has 0 bridgehead atoms. The first-order valence-corrected chi connectivity index (χ1v) is 6.93. The summed E-state index contributed by atoms with van der Waals surface area (Å²) in [6, 6.07) is 0.142. The van der Waals surface area contributed by atoms with Gasteiger partial charge in [-0.05, 0) is 46.8 Å². The lowest BCUT2D eigenvalue weighted by Crippen LogP contribution is -2.58. The lowest BCUT2D eigenvalue weighted by Gasteiger charge is -2.42. The monoisotopic (exact) mass is 278 g/mol. The molecule has 1 saturated heterocycles. The lowest BCUT2D eigenvalue weighted by atomic mass is 10.1. The zero-order valence-electron chi connectivity index (χ0n) is 13.2. The Morgan fingerprint density at radius 3 is 2.40 bits per heavy atom. The Morgan fingerprint density at radius 2 is 1.95 bits per heavy atom. The molecule has 0 radical (unpaired) electrons. The predicted octanol–water partition coefficient (Wildman–Crippen LogP) is 3.23. The van der Waals surface area contributed by atoms with Gasteiger partial charge in [-0.3, -0.25) is 0 Å². The lowest BCUT2D eigenvalue weighted by molar-refractivity contribution is 0.0437. The molecule has 1 amide bonds. The van der Waals surface area contributed by atoms with Crippen LogP contribution in [0, 0.1) is 0 Å². The number of nitrogens with zero attached hydrogens (tertiary/aromatic N) is 1.